The van der Waals surface area contributed by atoms with Crippen LogP contribution in [0.2, 0.25) is 5.02 Å². The molecule has 0 bridgehead atoms. The van der Waals surface area contributed by atoms with Gasteiger partial charge in [-0.25, -0.2) is 4.98 Å². The number of nitrogens with zero attached hydrogens (tertiary/aromatic N) is 3. The molecule has 1 amide bonds. The first-order valence-corrected chi connectivity index (χ1v) is 12.8. The topological polar surface area (TPSA) is 64.2 Å². The number of benzene rings is 3. The molecule has 4 rings (SSSR count). The highest BCUT2D eigenvalue weighted by Gasteiger charge is 2.32. The van der Waals surface area contributed by atoms with E-state index in [-0.39, 0.29) is 17.9 Å². The van der Waals surface area contributed by atoms with Crippen LogP contribution in [0.4, 0.5) is 0 Å². The molecule has 1 unspecified atom stereocenters. The zero-order valence-electron chi connectivity index (χ0n) is 20.8. The Bertz CT molecular complexity index is 1270. The van der Waals surface area contributed by atoms with Crippen molar-refractivity contribution in [2.75, 3.05) is 13.1 Å². The van der Waals surface area contributed by atoms with E-state index in [4.69, 9.17) is 22.3 Å². The lowest BCUT2D eigenvalue weighted by Crippen LogP contribution is -2.40. The summed E-state index contributed by atoms with van der Waals surface area (Å²) in [6.07, 6.45) is 2.78. The Morgan fingerprint density at radius 2 is 1.69 bits per heavy atom. The summed E-state index contributed by atoms with van der Waals surface area (Å²) in [5.41, 5.74) is 9.49. The molecule has 36 heavy (non-hydrogen) atoms. The van der Waals surface area contributed by atoms with Gasteiger partial charge in [0.2, 0.25) is 0 Å². The normalized spacial score (nSPS) is 12.0. The molecular formula is C30H33ClN4O. The third-order valence-electron chi connectivity index (χ3n) is 6.24. The molecule has 6 heteroatoms. The summed E-state index contributed by atoms with van der Waals surface area (Å²) in [4.78, 5) is 20.9. The van der Waals surface area contributed by atoms with Crippen LogP contribution in [-0.2, 0) is 6.54 Å². The SMILES string of the molecule is CC(C)C(c1nc(-c2cccc(Cl)c2)cn1Cc1ccccc1)N(CCCN)C(=O)c1ccccc1. The smallest absolute Gasteiger partial charge is 0.254 e. The maximum absolute atomic E-state index is 13.8. The first kappa shape index (κ1) is 25.7. The third-order valence-corrected chi connectivity index (χ3v) is 6.48. The summed E-state index contributed by atoms with van der Waals surface area (Å²) in [7, 11) is 0. The number of amides is 1. The van der Waals surface area contributed by atoms with Crippen molar-refractivity contribution in [3.8, 4) is 11.3 Å². The Hall–Kier alpha value is -3.41. The summed E-state index contributed by atoms with van der Waals surface area (Å²) in [6.45, 7) is 5.99. The van der Waals surface area contributed by atoms with E-state index >= 15 is 0 Å². The van der Waals surface area contributed by atoms with Crippen LogP contribution in [0.3, 0.4) is 0 Å². The number of hydrogen-bond acceptors (Lipinski definition) is 3. The Morgan fingerprint density at radius 1 is 1.00 bits per heavy atom. The second-order valence-electron chi connectivity index (χ2n) is 9.30. The molecule has 0 radical (unpaired) electrons. The predicted molar refractivity (Wildman–Crippen MR) is 147 cm³/mol. The van der Waals surface area contributed by atoms with Crippen LogP contribution in [0.5, 0.6) is 0 Å². The third kappa shape index (κ3) is 6.04. The Labute approximate surface area is 218 Å². The van der Waals surface area contributed by atoms with E-state index in [1.54, 1.807) is 0 Å². The van der Waals surface area contributed by atoms with Gasteiger partial charge in [-0.15, -0.1) is 0 Å². The predicted octanol–water partition coefficient (Wildman–Crippen LogP) is 6.44. The fourth-order valence-electron chi connectivity index (χ4n) is 4.53. The van der Waals surface area contributed by atoms with Crippen LogP contribution >= 0.6 is 11.6 Å². The van der Waals surface area contributed by atoms with Gasteiger partial charge in [-0.3, -0.25) is 4.79 Å². The van der Waals surface area contributed by atoms with E-state index in [1.807, 2.05) is 77.7 Å². The largest absolute Gasteiger partial charge is 0.330 e. The highest BCUT2D eigenvalue weighted by atomic mass is 35.5. The van der Waals surface area contributed by atoms with Crippen molar-refractivity contribution < 1.29 is 4.79 Å². The van der Waals surface area contributed by atoms with Crippen molar-refractivity contribution in [1.29, 1.82) is 0 Å². The molecule has 4 aromatic rings. The lowest BCUT2D eigenvalue weighted by Gasteiger charge is -2.34. The minimum atomic E-state index is -0.235. The molecule has 1 aromatic heterocycles. The van der Waals surface area contributed by atoms with Gasteiger partial charge in [-0.05, 0) is 48.7 Å². The minimum absolute atomic E-state index is 0.0127. The quantitative estimate of drug-likeness (QED) is 0.272. The number of halogens is 1. The molecule has 1 heterocycles. The van der Waals surface area contributed by atoms with E-state index in [0.717, 1.165) is 17.1 Å². The van der Waals surface area contributed by atoms with E-state index in [9.17, 15) is 4.79 Å². The second kappa shape index (κ2) is 12.0. The first-order chi connectivity index (χ1) is 17.5. The van der Waals surface area contributed by atoms with Gasteiger partial charge in [0, 0.05) is 35.4 Å². The fraction of sp³-hybridized carbons (Fsp3) is 0.267. The Balaban J connectivity index is 1.83. The number of nitrogens with two attached hydrogens (primary N) is 1. The lowest BCUT2D eigenvalue weighted by molar-refractivity contribution is 0.0604. The van der Waals surface area contributed by atoms with Gasteiger partial charge in [0.25, 0.3) is 5.91 Å². The summed E-state index contributed by atoms with van der Waals surface area (Å²) < 4.78 is 2.17. The van der Waals surface area contributed by atoms with Crippen molar-refractivity contribution >= 4 is 17.5 Å². The molecule has 0 spiro atoms. The maximum Gasteiger partial charge on any atom is 0.254 e. The molecule has 0 saturated carbocycles. The fourth-order valence-corrected chi connectivity index (χ4v) is 4.72. The monoisotopic (exact) mass is 500 g/mol. The molecule has 0 fully saturated rings. The van der Waals surface area contributed by atoms with Gasteiger partial charge in [-0.2, -0.15) is 0 Å². The number of aromatic nitrogens is 2. The van der Waals surface area contributed by atoms with E-state index in [2.05, 4.69) is 36.7 Å². The standard InChI is InChI=1S/C30H33ClN4O/c1-22(2)28(35(18-10-17-32)30(36)24-13-7-4-8-14-24)29-33-27(25-15-9-16-26(31)19-25)21-34(29)20-23-11-5-3-6-12-23/h3-9,11-16,19,21-22,28H,10,17-18,20,32H2,1-2H3. The summed E-state index contributed by atoms with van der Waals surface area (Å²) in [5.74, 6) is 0.964. The van der Waals surface area contributed by atoms with Crippen LogP contribution < -0.4 is 5.73 Å². The highest BCUT2D eigenvalue weighted by molar-refractivity contribution is 6.30. The second-order valence-corrected chi connectivity index (χ2v) is 9.74. The zero-order valence-corrected chi connectivity index (χ0v) is 21.6. The van der Waals surface area contributed by atoms with E-state index < -0.39 is 0 Å². The van der Waals surface area contributed by atoms with Gasteiger partial charge >= 0.3 is 0 Å². The first-order valence-electron chi connectivity index (χ1n) is 12.4. The van der Waals surface area contributed by atoms with Crippen LogP contribution in [-0.4, -0.2) is 33.4 Å². The summed E-state index contributed by atoms with van der Waals surface area (Å²) in [5, 5.41) is 0.663. The van der Waals surface area contributed by atoms with Crippen molar-refractivity contribution in [1.82, 2.24) is 14.5 Å². The van der Waals surface area contributed by atoms with Gasteiger partial charge in [-0.1, -0.05) is 86.1 Å². The number of carbonyl (C=O) groups excluding carboxylic acids is 1. The van der Waals surface area contributed by atoms with Crippen LogP contribution in [0.1, 0.15) is 48.1 Å². The minimum Gasteiger partial charge on any atom is -0.330 e. The van der Waals surface area contributed by atoms with Gasteiger partial charge in [0.1, 0.15) is 5.82 Å². The Morgan fingerprint density at radius 3 is 2.33 bits per heavy atom. The molecular weight excluding hydrogens is 468 g/mol. The van der Waals surface area contributed by atoms with Gasteiger partial charge in [0.05, 0.1) is 11.7 Å². The number of carbonyl (C=O) groups is 1. The van der Waals surface area contributed by atoms with Gasteiger partial charge in [0.15, 0.2) is 0 Å². The molecule has 2 N–H and O–H groups in total. The van der Waals surface area contributed by atoms with E-state index in [0.29, 0.717) is 36.6 Å². The van der Waals surface area contributed by atoms with Crippen molar-refractivity contribution in [2.45, 2.75) is 32.9 Å². The average molecular weight is 501 g/mol. The van der Waals surface area contributed by atoms with Crippen LogP contribution in [0, 0.1) is 5.92 Å². The highest BCUT2D eigenvalue weighted by Crippen LogP contribution is 2.33. The molecule has 3 aromatic carbocycles. The molecule has 1 atom stereocenters. The molecule has 0 aliphatic heterocycles. The van der Waals surface area contributed by atoms with Gasteiger partial charge < -0.3 is 15.2 Å². The molecule has 0 saturated heterocycles. The molecule has 5 nitrogen and oxygen atoms in total. The molecule has 0 aliphatic carbocycles. The molecule has 0 aliphatic rings. The zero-order chi connectivity index (χ0) is 25.5. The average Bonchev–Trinajstić information content (AvgIpc) is 3.30. The lowest BCUT2D eigenvalue weighted by atomic mass is 9.99. The number of imidazole rings is 1. The van der Waals surface area contributed by atoms with Crippen molar-refractivity contribution in [3.05, 3.63) is 113 Å². The summed E-state index contributed by atoms with van der Waals surface area (Å²) >= 11 is 6.30. The van der Waals surface area contributed by atoms with Crippen LogP contribution in [0.25, 0.3) is 11.3 Å². The maximum atomic E-state index is 13.8. The number of hydrogen-bond donors (Lipinski definition) is 1. The van der Waals surface area contributed by atoms with E-state index in [1.165, 1.54) is 5.56 Å². The van der Waals surface area contributed by atoms with Crippen molar-refractivity contribution in [2.24, 2.45) is 11.7 Å². The van der Waals surface area contributed by atoms with Crippen LogP contribution in [0.15, 0.2) is 91.1 Å². The molecule has 186 valence electrons. The summed E-state index contributed by atoms with van der Waals surface area (Å²) in [6, 6.07) is 27.2. The number of rotatable bonds is 10. The Kier molecular flexibility index (Phi) is 8.57. The van der Waals surface area contributed by atoms with Crippen molar-refractivity contribution in [3.63, 3.8) is 0 Å².